The zero-order chi connectivity index (χ0) is 29.8. The first-order chi connectivity index (χ1) is 18.3. The molecule has 0 heterocycles. The van der Waals surface area contributed by atoms with Crippen LogP contribution in [0, 0.1) is 7.14 Å². The quantitative estimate of drug-likeness (QED) is 0.176. The van der Waals surface area contributed by atoms with Crippen LogP contribution in [0.4, 0.5) is 0 Å². The van der Waals surface area contributed by atoms with E-state index in [1.165, 1.54) is 21.0 Å². The molecule has 0 saturated heterocycles. The zero-order valence-electron chi connectivity index (χ0n) is 21.7. The summed E-state index contributed by atoms with van der Waals surface area (Å²) in [5, 5.41) is 9.35. The molecule has 210 valence electrons. The monoisotopic (exact) mass is 766 g/mol. The fourth-order valence-electron chi connectivity index (χ4n) is 2.86. The fraction of sp³-hybridized carbons (Fsp3) is 0.280. The van der Waals surface area contributed by atoms with E-state index in [1.54, 1.807) is 48.5 Å². The molecule has 4 N–H and O–H groups in total. The standard InChI is InChI=1S/C13H15IN2O4.C12H13IN2O4/c1-13(11(18)15-2,12(19)20-3)16-10(17)8-4-6-9(14)7-5-8;1-14-11(17)9(12(18)19-2)15-10(16)7-3-5-8(13)6-4-7/h4-7H,1-3H3,(H,15,18)(H,16,17);3-6,9H,1-2H3,(H,14,17)(H,15,16). The minimum atomic E-state index is -1.77. The Labute approximate surface area is 252 Å². The number of carbonyl (C=O) groups excluding carboxylic acids is 6. The highest BCUT2D eigenvalue weighted by molar-refractivity contribution is 14.1. The van der Waals surface area contributed by atoms with E-state index in [0.717, 1.165) is 21.4 Å². The van der Waals surface area contributed by atoms with Crippen molar-refractivity contribution in [3.63, 3.8) is 0 Å². The lowest BCUT2D eigenvalue weighted by Crippen LogP contribution is -2.61. The molecule has 12 nitrogen and oxygen atoms in total. The highest BCUT2D eigenvalue weighted by atomic mass is 127. The average Bonchev–Trinajstić information content (AvgIpc) is 2.94. The summed E-state index contributed by atoms with van der Waals surface area (Å²) in [5.74, 6) is -3.99. The molecule has 2 rings (SSSR count). The minimum Gasteiger partial charge on any atom is -0.467 e. The van der Waals surface area contributed by atoms with Crippen LogP contribution in [-0.2, 0) is 28.7 Å². The molecular formula is C25H28I2N4O8. The van der Waals surface area contributed by atoms with Gasteiger partial charge in [0.25, 0.3) is 23.6 Å². The number of hydrogen-bond acceptors (Lipinski definition) is 8. The van der Waals surface area contributed by atoms with Gasteiger partial charge in [0.05, 0.1) is 14.2 Å². The average molecular weight is 766 g/mol. The number of ether oxygens (including phenoxy) is 2. The fourth-order valence-corrected chi connectivity index (χ4v) is 3.58. The van der Waals surface area contributed by atoms with Crippen molar-refractivity contribution < 1.29 is 38.2 Å². The molecule has 0 bridgehead atoms. The first-order valence-electron chi connectivity index (χ1n) is 11.1. The molecule has 0 aliphatic heterocycles. The van der Waals surface area contributed by atoms with Crippen LogP contribution >= 0.6 is 45.2 Å². The van der Waals surface area contributed by atoms with Crippen molar-refractivity contribution in [1.82, 2.24) is 21.3 Å². The molecule has 0 aliphatic carbocycles. The van der Waals surface area contributed by atoms with Crippen LogP contribution in [0.1, 0.15) is 27.6 Å². The molecule has 2 unspecified atom stereocenters. The van der Waals surface area contributed by atoms with E-state index in [2.05, 4.69) is 75.9 Å². The second-order valence-electron chi connectivity index (χ2n) is 7.71. The Hall–Kier alpha value is -3.28. The predicted octanol–water partition coefficient (Wildman–Crippen LogP) is 1.01. The summed E-state index contributed by atoms with van der Waals surface area (Å²) in [4.78, 5) is 70.5. The van der Waals surface area contributed by atoms with Gasteiger partial charge in [-0.3, -0.25) is 19.2 Å². The van der Waals surface area contributed by atoms with E-state index in [-0.39, 0.29) is 0 Å². The van der Waals surface area contributed by atoms with Crippen molar-refractivity contribution in [3.05, 3.63) is 66.8 Å². The van der Waals surface area contributed by atoms with Crippen LogP contribution < -0.4 is 21.3 Å². The van der Waals surface area contributed by atoms with Gasteiger partial charge in [0.15, 0.2) is 0 Å². The Kier molecular flexibility index (Phi) is 13.8. The van der Waals surface area contributed by atoms with Crippen molar-refractivity contribution in [1.29, 1.82) is 0 Å². The first-order valence-corrected chi connectivity index (χ1v) is 13.2. The molecule has 39 heavy (non-hydrogen) atoms. The van der Waals surface area contributed by atoms with Crippen molar-refractivity contribution >= 4 is 80.7 Å². The molecule has 0 radical (unpaired) electrons. The summed E-state index contributed by atoms with van der Waals surface area (Å²) >= 11 is 4.22. The van der Waals surface area contributed by atoms with Crippen molar-refractivity contribution in [2.75, 3.05) is 28.3 Å². The van der Waals surface area contributed by atoms with Gasteiger partial charge in [-0.25, -0.2) is 9.59 Å². The number of carbonyl (C=O) groups is 6. The van der Waals surface area contributed by atoms with Crippen molar-refractivity contribution in [2.24, 2.45) is 0 Å². The Bertz CT molecular complexity index is 1170. The lowest BCUT2D eigenvalue weighted by Gasteiger charge is -2.25. The molecule has 14 heteroatoms. The normalized spacial score (nSPS) is 12.2. The van der Waals surface area contributed by atoms with E-state index >= 15 is 0 Å². The molecule has 0 saturated carbocycles. The number of methoxy groups -OCH3 is 2. The van der Waals surface area contributed by atoms with Crippen LogP contribution in [0.2, 0.25) is 0 Å². The molecule has 2 aromatic carbocycles. The Morgan fingerprint density at radius 1 is 0.744 bits per heavy atom. The molecule has 0 fully saturated rings. The van der Waals surface area contributed by atoms with Gasteiger partial charge in [-0.2, -0.15) is 0 Å². The van der Waals surface area contributed by atoms with Gasteiger partial charge in [-0.05, 0) is 101 Å². The van der Waals surface area contributed by atoms with Crippen LogP contribution in [0.5, 0.6) is 0 Å². The van der Waals surface area contributed by atoms with Gasteiger partial charge in [0, 0.05) is 32.4 Å². The lowest BCUT2D eigenvalue weighted by molar-refractivity contribution is -0.152. The third kappa shape index (κ3) is 9.76. The van der Waals surface area contributed by atoms with Gasteiger partial charge in [-0.1, -0.05) is 0 Å². The maximum Gasteiger partial charge on any atom is 0.341 e. The molecule has 4 amide bonds. The Morgan fingerprint density at radius 2 is 1.21 bits per heavy atom. The lowest BCUT2D eigenvalue weighted by atomic mass is 10.0. The van der Waals surface area contributed by atoms with Gasteiger partial charge in [0.1, 0.15) is 0 Å². The summed E-state index contributed by atoms with van der Waals surface area (Å²) in [7, 11) is 5.05. The van der Waals surface area contributed by atoms with E-state index < -0.39 is 47.1 Å². The number of likely N-dealkylation sites (N-methyl/N-ethyl adjacent to an activating group) is 2. The van der Waals surface area contributed by atoms with Crippen LogP contribution in [0.15, 0.2) is 48.5 Å². The summed E-state index contributed by atoms with van der Waals surface area (Å²) in [6, 6.07) is 12.1. The number of rotatable bonds is 8. The highest BCUT2D eigenvalue weighted by Crippen LogP contribution is 2.11. The third-order valence-electron chi connectivity index (χ3n) is 5.07. The molecule has 0 aromatic heterocycles. The third-order valence-corrected chi connectivity index (χ3v) is 6.51. The van der Waals surface area contributed by atoms with Gasteiger partial charge in [0.2, 0.25) is 11.6 Å². The number of nitrogens with one attached hydrogen (secondary N) is 4. The van der Waals surface area contributed by atoms with E-state index in [1.807, 2.05) is 0 Å². The smallest absolute Gasteiger partial charge is 0.341 e. The number of hydrogen-bond donors (Lipinski definition) is 4. The predicted molar refractivity (Wildman–Crippen MR) is 158 cm³/mol. The Balaban J connectivity index is 0.000000391. The number of benzene rings is 2. The maximum atomic E-state index is 12.1. The molecule has 0 spiro atoms. The van der Waals surface area contributed by atoms with Crippen LogP contribution in [-0.4, -0.2) is 75.5 Å². The van der Waals surface area contributed by atoms with Crippen LogP contribution in [0.25, 0.3) is 0 Å². The number of amides is 4. The SMILES string of the molecule is CNC(=O)C(C)(NC(=O)c1ccc(I)cc1)C(=O)OC.CNC(=O)C(NC(=O)c1ccc(I)cc1)C(=O)OC. The van der Waals surface area contributed by atoms with E-state index in [0.29, 0.717) is 11.1 Å². The maximum absolute atomic E-state index is 12.1. The van der Waals surface area contributed by atoms with Gasteiger partial charge < -0.3 is 30.7 Å². The van der Waals surface area contributed by atoms with Crippen molar-refractivity contribution in [3.8, 4) is 0 Å². The molecule has 2 aromatic rings. The highest BCUT2D eigenvalue weighted by Gasteiger charge is 2.43. The molecule has 0 aliphatic rings. The largest absolute Gasteiger partial charge is 0.467 e. The molecular weight excluding hydrogens is 738 g/mol. The summed E-state index contributed by atoms with van der Waals surface area (Å²) in [5.41, 5.74) is -1.06. The topological polar surface area (TPSA) is 169 Å². The zero-order valence-corrected chi connectivity index (χ0v) is 26.0. The second-order valence-corrected chi connectivity index (χ2v) is 10.2. The minimum absolute atomic E-state index is 0.351. The van der Waals surface area contributed by atoms with Crippen LogP contribution in [0.3, 0.4) is 0 Å². The van der Waals surface area contributed by atoms with Gasteiger partial charge >= 0.3 is 11.9 Å². The van der Waals surface area contributed by atoms with E-state index in [9.17, 15) is 28.8 Å². The number of esters is 2. The van der Waals surface area contributed by atoms with Gasteiger partial charge in [-0.15, -0.1) is 0 Å². The van der Waals surface area contributed by atoms with Crippen molar-refractivity contribution in [2.45, 2.75) is 18.5 Å². The molecule has 2 atom stereocenters. The second kappa shape index (κ2) is 16.0. The summed E-state index contributed by atoms with van der Waals surface area (Å²) < 4.78 is 11.0. The Morgan fingerprint density at radius 3 is 1.59 bits per heavy atom. The summed E-state index contributed by atoms with van der Waals surface area (Å²) in [6.45, 7) is 1.29. The number of halogens is 2. The first kappa shape index (κ1) is 33.7. The van der Waals surface area contributed by atoms with E-state index in [4.69, 9.17) is 0 Å². The summed E-state index contributed by atoms with van der Waals surface area (Å²) in [6.07, 6.45) is 0.